The van der Waals surface area contributed by atoms with Crippen LogP contribution in [0.3, 0.4) is 0 Å². The van der Waals surface area contributed by atoms with Gasteiger partial charge in [-0.15, -0.1) is 0 Å². The Balaban J connectivity index is 1.36. The van der Waals surface area contributed by atoms with Crippen LogP contribution < -0.4 is 10.1 Å². The fraction of sp³-hybridized carbons (Fsp3) is 0.579. The molecule has 1 N–H and O–H groups in total. The van der Waals surface area contributed by atoms with E-state index < -0.39 is 29.4 Å². The first kappa shape index (κ1) is 20.7. The summed E-state index contributed by atoms with van der Waals surface area (Å²) in [6.45, 7) is 1.30. The van der Waals surface area contributed by atoms with Gasteiger partial charge in [0.25, 0.3) is 0 Å². The summed E-state index contributed by atoms with van der Waals surface area (Å²) in [5.74, 6) is -1.59. The molecule has 3 atom stereocenters. The van der Waals surface area contributed by atoms with Gasteiger partial charge in [-0.2, -0.15) is 13.2 Å². The van der Waals surface area contributed by atoms with Gasteiger partial charge in [0.2, 0.25) is 5.91 Å². The number of halogens is 4. The molecule has 3 fully saturated rings. The largest absolute Gasteiger partial charge is 0.485 e. The predicted octanol–water partition coefficient (Wildman–Crippen LogP) is 2.01. The maximum absolute atomic E-state index is 13.9. The van der Waals surface area contributed by atoms with Crippen LogP contribution in [0.25, 0.3) is 0 Å². The van der Waals surface area contributed by atoms with Gasteiger partial charge in [-0.3, -0.25) is 4.79 Å². The Kier molecular flexibility index (Phi) is 5.48. The van der Waals surface area contributed by atoms with Crippen LogP contribution in [0.15, 0.2) is 18.2 Å². The third kappa shape index (κ3) is 4.30. The summed E-state index contributed by atoms with van der Waals surface area (Å²) in [4.78, 5) is 27.5. The number of nitrogens with one attached hydrogen (secondary N) is 1. The van der Waals surface area contributed by atoms with Crippen LogP contribution in [0.4, 0.5) is 22.4 Å². The minimum absolute atomic E-state index is 0.0202. The Morgan fingerprint density at radius 3 is 2.67 bits per heavy atom. The topological polar surface area (TPSA) is 71.1 Å². The number of urea groups is 1. The van der Waals surface area contributed by atoms with Crippen molar-refractivity contribution in [1.29, 1.82) is 0 Å². The van der Waals surface area contributed by atoms with Crippen molar-refractivity contribution in [2.45, 2.75) is 37.3 Å². The quantitative estimate of drug-likeness (QED) is 0.728. The first-order valence-electron chi connectivity index (χ1n) is 9.69. The summed E-state index contributed by atoms with van der Waals surface area (Å²) in [5, 5.41) is 2.82. The number of carbonyl (C=O) groups is 2. The van der Waals surface area contributed by atoms with Crippen LogP contribution in [0, 0.1) is 5.82 Å². The van der Waals surface area contributed by atoms with Crippen molar-refractivity contribution in [1.82, 2.24) is 15.1 Å². The van der Waals surface area contributed by atoms with Gasteiger partial charge < -0.3 is 24.6 Å². The Morgan fingerprint density at radius 1 is 1.17 bits per heavy atom. The summed E-state index contributed by atoms with van der Waals surface area (Å²) in [7, 11) is 0. The number of rotatable bonds is 2. The minimum atomic E-state index is -4.60. The molecule has 1 aromatic carbocycles. The van der Waals surface area contributed by atoms with E-state index in [0.717, 1.165) is 6.07 Å². The number of hydrogen-bond donors (Lipinski definition) is 1. The Bertz CT molecular complexity index is 834. The number of fused-ring (bicyclic) bond motifs is 1. The average molecular weight is 431 g/mol. The zero-order chi connectivity index (χ0) is 21.5. The van der Waals surface area contributed by atoms with E-state index in [1.807, 2.05) is 0 Å². The monoisotopic (exact) mass is 431 g/mol. The number of nitrogens with zero attached hydrogens (tertiary/aromatic N) is 2. The number of hydrogen-bond acceptors (Lipinski definition) is 4. The molecule has 11 heteroatoms. The summed E-state index contributed by atoms with van der Waals surface area (Å²) < 4.78 is 63.4. The summed E-state index contributed by atoms with van der Waals surface area (Å²) in [5.41, 5.74) is -0.996. The van der Waals surface area contributed by atoms with Gasteiger partial charge in [-0.25, -0.2) is 9.18 Å². The van der Waals surface area contributed by atoms with Crippen molar-refractivity contribution in [2.75, 3.05) is 32.8 Å². The summed E-state index contributed by atoms with van der Waals surface area (Å²) in [6.07, 6.45) is -4.36. The van der Waals surface area contributed by atoms with Gasteiger partial charge in [0.15, 0.2) is 11.6 Å². The highest BCUT2D eigenvalue weighted by atomic mass is 19.4. The second-order valence-electron chi connectivity index (χ2n) is 7.66. The molecule has 30 heavy (non-hydrogen) atoms. The van der Waals surface area contributed by atoms with Gasteiger partial charge in [-0.1, -0.05) is 0 Å². The fourth-order valence-electron chi connectivity index (χ4n) is 4.02. The third-order valence-corrected chi connectivity index (χ3v) is 5.56. The van der Waals surface area contributed by atoms with Gasteiger partial charge >= 0.3 is 12.2 Å². The SMILES string of the molecule is O=C1CO[C@H]2CCN(C(=O)N3CCC(Oc4cc(C(F)(F)F)ccc4F)C3)CC2N1. The highest BCUT2D eigenvalue weighted by Crippen LogP contribution is 2.33. The zero-order valence-corrected chi connectivity index (χ0v) is 16.0. The van der Waals surface area contributed by atoms with Gasteiger partial charge in [0.05, 0.1) is 24.3 Å². The summed E-state index contributed by atoms with van der Waals surface area (Å²) >= 11 is 0. The van der Waals surface area contributed by atoms with E-state index in [9.17, 15) is 27.2 Å². The number of likely N-dealkylation sites (tertiary alicyclic amines) is 2. The van der Waals surface area contributed by atoms with Crippen LogP contribution in [0.2, 0.25) is 0 Å². The lowest BCUT2D eigenvalue weighted by Gasteiger charge is -2.42. The van der Waals surface area contributed by atoms with E-state index in [1.165, 1.54) is 4.90 Å². The van der Waals surface area contributed by atoms with E-state index >= 15 is 0 Å². The fourth-order valence-corrected chi connectivity index (χ4v) is 4.02. The number of carbonyl (C=O) groups excluding carboxylic acids is 2. The molecule has 3 aliphatic rings. The Hall–Kier alpha value is -2.56. The molecule has 7 nitrogen and oxygen atoms in total. The molecule has 0 aromatic heterocycles. The molecule has 1 aromatic rings. The molecule has 0 saturated carbocycles. The predicted molar refractivity (Wildman–Crippen MR) is 95.3 cm³/mol. The molecule has 3 amide bonds. The van der Waals surface area contributed by atoms with E-state index in [2.05, 4.69) is 5.32 Å². The molecular formula is C19H21F4N3O4. The lowest BCUT2D eigenvalue weighted by Crippen LogP contribution is -2.62. The van der Waals surface area contributed by atoms with Crippen LogP contribution >= 0.6 is 0 Å². The Morgan fingerprint density at radius 2 is 1.90 bits per heavy atom. The smallest absolute Gasteiger partial charge is 0.416 e. The third-order valence-electron chi connectivity index (χ3n) is 5.56. The van der Waals surface area contributed by atoms with E-state index in [4.69, 9.17) is 9.47 Å². The van der Waals surface area contributed by atoms with Gasteiger partial charge in [-0.05, 0) is 24.6 Å². The molecule has 0 radical (unpaired) electrons. The number of benzene rings is 1. The van der Waals surface area contributed by atoms with Crippen LogP contribution in [-0.2, 0) is 15.7 Å². The average Bonchev–Trinajstić information content (AvgIpc) is 3.16. The molecule has 0 bridgehead atoms. The molecule has 0 spiro atoms. The van der Waals surface area contributed by atoms with Crippen molar-refractivity contribution in [3.05, 3.63) is 29.6 Å². The lowest BCUT2D eigenvalue weighted by molar-refractivity contribution is -0.140. The van der Waals surface area contributed by atoms with Crippen LogP contribution in [0.1, 0.15) is 18.4 Å². The molecule has 2 unspecified atom stereocenters. The van der Waals surface area contributed by atoms with E-state index in [0.29, 0.717) is 44.6 Å². The maximum atomic E-state index is 13.9. The second-order valence-corrected chi connectivity index (χ2v) is 7.66. The zero-order valence-electron chi connectivity index (χ0n) is 16.0. The minimum Gasteiger partial charge on any atom is -0.485 e. The number of amides is 3. The molecule has 3 saturated heterocycles. The molecular weight excluding hydrogens is 410 g/mol. The highest BCUT2D eigenvalue weighted by molar-refractivity contribution is 5.79. The van der Waals surface area contributed by atoms with Crippen molar-refractivity contribution in [3.8, 4) is 5.75 Å². The standard InChI is InChI=1S/C19H21F4N3O4/c20-13-2-1-11(19(21,22)23)7-16(13)30-12-3-5-25(8-12)18(28)26-6-4-15-14(9-26)24-17(27)10-29-15/h1-2,7,12,14-15H,3-6,8-10H2,(H,24,27)/t12?,14?,15-/m0/s1. The van der Waals surface area contributed by atoms with Crippen molar-refractivity contribution < 1.29 is 36.6 Å². The van der Waals surface area contributed by atoms with Crippen LogP contribution in [0.5, 0.6) is 5.75 Å². The second kappa shape index (κ2) is 7.93. The number of morpholine rings is 1. The first-order valence-corrected chi connectivity index (χ1v) is 9.69. The Labute approximate surface area is 169 Å². The van der Waals surface area contributed by atoms with Crippen molar-refractivity contribution in [2.24, 2.45) is 0 Å². The number of ether oxygens (including phenoxy) is 2. The van der Waals surface area contributed by atoms with E-state index in [1.54, 1.807) is 4.90 Å². The normalized spacial score (nSPS) is 26.9. The molecule has 0 aliphatic carbocycles. The number of alkyl halides is 3. The molecule has 164 valence electrons. The van der Waals surface area contributed by atoms with Crippen molar-refractivity contribution in [3.63, 3.8) is 0 Å². The van der Waals surface area contributed by atoms with Gasteiger partial charge in [0, 0.05) is 26.1 Å². The molecule has 3 heterocycles. The first-order chi connectivity index (χ1) is 14.2. The van der Waals surface area contributed by atoms with Crippen LogP contribution in [-0.4, -0.2) is 72.8 Å². The maximum Gasteiger partial charge on any atom is 0.416 e. The molecule has 4 rings (SSSR count). The number of piperidine rings is 1. The lowest BCUT2D eigenvalue weighted by atomic mass is 10.0. The highest BCUT2D eigenvalue weighted by Gasteiger charge is 2.39. The molecule has 3 aliphatic heterocycles. The van der Waals surface area contributed by atoms with E-state index in [-0.39, 0.29) is 37.2 Å². The van der Waals surface area contributed by atoms with Gasteiger partial charge in [0.1, 0.15) is 12.7 Å². The van der Waals surface area contributed by atoms with Crippen molar-refractivity contribution >= 4 is 11.9 Å². The summed E-state index contributed by atoms with van der Waals surface area (Å²) in [6, 6.07) is 1.50.